The molecule has 0 spiro atoms. The molecule has 0 heterocycles. The quantitative estimate of drug-likeness (QED) is 0.568. The number of aryl methyl sites for hydroxylation is 1. The Balaban J connectivity index is 3.17. The maximum Gasteiger partial charge on any atom is 0.339 e. The molecule has 1 rings (SSSR count). The fraction of sp³-hybridized carbons (Fsp3) is 0.632. The van der Waals surface area contributed by atoms with Gasteiger partial charge in [-0.15, -0.1) is 0 Å². The van der Waals surface area contributed by atoms with Crippen LogP contribution in [-0.2, 0) is 12.8 Å². The number of carboxylic acid groups (broad SMARTS) is 1. The largest absolute Gasteiger partial charge is 0.492 e. The van der Waals surface area contributed by atoms with Crippen molar-refractivity contribution in [1.82, 2.24) is 0 Å². The second-order valence-electron chi connectivity index (χ2n) is 5.79. The van der Waals surface area contributed by atoms with Gasteiger partial charge in [0.05, 0.1) is 6.61 Å². The number of carboxylic acids is 1. The first-order valence-electron chi connectivity index (χ1n) is 8.66. The predicted octanol–water partition coefficient (Wildman–Crippen LogP) is 5.25. The summed E-state index contributed by atoms with van der Waals surface area (Å²) in [6.07, 6.45) is 8.32. The summed E-state index contributed by atoms with van der Waals surface area (Å²) in [6, 6.07) is 3.70. The summed E-state index contributed by atoms with van der Waals surface area (Å²) < 4.78 is 5.91. The Morgan fingerprint density at radius 2 is 1.64 bits per heavy atom. The first-order valence-corrected chi connectivity index (χ1v) is 8.66. The van der Waals surface area contributed by atoms with Crippen molar-refractivity contribution in [2.45, 2.75) is 72.1 Å². The average Bonchev–Trinajstić information content (AvgIpc) is 2.51. The summed E-state index contributed by atoms with van der Waals surface area (Å²) in [5.41, 5.74) is 2.68. The van der Waals surface area contributed by atoms with Gasteiger partial charge in [-0.3, -0.25) is 0 Å². The predicted molar refractivity (Wildman–Crippen MR) is 91.0 cm³/mol. The van der Waals surface area contributed by atoms with Gasteiger partial charge in [0, 0.05) is 0 Å². The zero-order valence-electron chi connectivity index (χ0n) is 14.3. The molecule has 0 saturated heterocycles. The molecule has 0 aliphatic carbocycles. The Bertz CT molecular complexity index is 466. The van der Waals surface area contributed by atoms with Crippen LogP contribution in [0, 0.1) is 0 Å². The van der Waals surface area contributed by atoms with Crippen molar-refractivity contribution in [3.63, 3.8) is 0 Å². The summed E-state index contributed by atoms with van der Waals surface area (Å²) in [5, 5.41) is 9.46. The van der Waals surface area contributed by atoms with Crippen LogP contribution in [0.25, 0.3) is 0 Å². The normalized spacial score (nSPS) is 10.7. The zero-order chi connectivity index (χ0) is 16.4. The summed E-state index contributed by atoms with van der Waals surface area (Å²) in [6.45, 7) is 7.03. The van der Waals surface area contributed by atoms with Crippen molar-refractivity contribution in [2.24, 2.45) is 0 Å². The average molecular weight is 306 g/mol. The molecule has 124 valence electrons. The Labute approximate surface area is 134 Å². The van der Waals surface area contributed by atoms with Gasteiger partial charge in [0.1, 0.15) is 11.3 Å². The van der Waals surface area contributed by atoms with E-state index < -0.39 is 5.97 Å². The first kappa shape index (κ1) is 18.5. The number of hydrogen-bond donors (Lipinski definition) is 1. The van der Waals surface area contributed by atoms with Gasteiger partial charge >= 0.3 is 5.97 Å². The zero-order valence-corrected chi connectivity index (χ0v) is 14.3. The molecule has 0 radical (unpaired) electrons. The number of aromatic carboxylic acids is 1. The van der Waals surface area contributed by atoms with Gasteiger partial charge in [-0.1, -0.05) is 46.1 Å². The van der Waals surface area contributed by atoms with Gasteiger partial charge in [-0.2, -0.15) is 0 Å². The minimum absolute atomic E-state index is 0.308. The molecule has 0 atom stereocenters. The minimum atomic E-state index is -0.897. The Morgan fingerprint density at radius 3 is 2.23 bits per heavy atom. The van der Waals surface area contributed by atoms with E-state index in [1.807, 2.05) is 6.07 Å². The van der Waals surface area contributed by atoms with Crippen LogP contribution in [0.15, 0.2) is 12.1 Å². The van der Waals surface area contributed by atoms with E-state index in [4.69, 9.17) is 4.74 Å². The lowest BCUT2D eigenvalue weighted by molar-refractivity contribution is 0.0692. The molecular formula is C19H30O3. The van der Waals surface area contributed by atoms with Crippen LogP contribution < -0.4 is 4.74 Å². The van der Waals surface area contributed by atoms with E-state index >= 15 is 0 Å². The lowest BCUT2D eigenvalue weighted by Crippen LogP contribution is -2.09. The van der Waals surface area contributed by atoms with Crippen molar-refractivity contribution in [3.8, 4) is 5.75 Å². The van der Waals surface area contributed by atoms with Crippen LogP contribution in [0.1, 0.15) is 80.8 Å². The molecular weight excluding hydrogens is 276 g/mol. The molecule has 22 heavy (non-hydrogen) atoms. The van der Waals surface area contributed by atoms with E-state index in [2.05, 4.69) is 20.8 Å². The van der Waals surface area contributed by atoms with E-state index in [1.54, 1.807) is 6.07 Å². The molecule has 0 amide bonds. The van der Waals surface area contributed by atoms with Gasteiger partial charge < -0.3 is 9.84 Å². The second-order valence-corrected chi connectivity index (χ2v) is 5.79. The Morgan fingerprint density at radius 1 is 1.00 bits per heavy atom. The van der Waals surface area contributed by atoms with E-state index in [0.717, 1.165) is 56.9 Å². The topological polar surface area (TPSA) is 46.5 Å². The van der Waals surface area contributed by atoms with Crippen molar-refractivity contribution < 1.29 is 14.6 Å². The molecule has 0 bridgehead atoms. The molecule has 0 unspecified atom stereocenters. The molecule has 3 heteroatoms. The van der Waals surface area contributed by atoms with Crippen molar-refractivity contribution in [2.75, 3.05) is 6.61 Å². The summed E-state index contributed by atoms with van der Waals surface area (Å²) in [7, 11) is 0. The van der Waals surface area contributed by atoms with E-state index in [0.29, 0.717) is 17.9 Å². The third-order valence-electron chi connectivity index (χ3n) is 3.91. The maximum atomic E-state index is 11.5. The van der Waals surface area contributed by atoms with E-state index in [9.17, 15) is 9.90 Å². The lowest BCUT2D eigenvalue weighted by Gasteiger charge is -2.18. The van der Waals surface area contributed by atoms with E-state index in [-0.39, 0.29) is 0 Å². The highest BCUT2D eigenvalue weighted by atomic mass is 16.5. The molecule has 1 aromatic carbocycles. The highest BCUT2D eigenvalue weighted by Gasteiger charge is 2.18. The highest BCUT2D eigenvalue weighted by Crippen LogP contribution is 2.30. The third kappa shape index (κ3) is 5.36. The van der Waals surface area contributed by atoms with Crippen LogP contribution in [0.4, 0.5) is 0 Å². The molecule has 0 aliphatic heterocycles. The Hall–Kier alpha value is -1.51. The molecule has 1 N–H and O–H groups in total. The number of hydrogen-bond acceptors (Lipinski definition) is 2. The lowest BCUT2D eigenvalue weighted by atomic mass is 9.94. The molecule has 3 nitrogen and oxygen atoms in total. The molecule has 0 saturated carbocycles. The van der Waals surface area contributed by atoms with Crippen LogP contribution in [-0.4, -0.2) is 17.7 Å². The number of ether oxygens (including phenoxy) is 1. The molecule has 0 aliphatic rings. The van der Waals surface area contributed by atoms with Gasteiger partial charge in [0.2, 0.25) is 0 Å². The minimum Gasteiger partial charge on any atom is -0.492 e. The number of unbranched alkanes of at least 4 members (excludes halogenated alkanes) is 3. The maximum absolute atomic E-state index is 11.5. The standard InChI is InChI=1S/C19H30O3/c1-4-7-10-15-12-13-17(19(20)21)18(22-14-9-6-3)16(15)11-8-5-2/h12-13H,4-11,14H2,1-3H3,(H,20,21). The number of rotatable bonds is 11. The fourth-order valence-corrected chi connectivity index (χ4v) is 2.55. The number of benzene rings is 1. The summed E-state index contributed by atoms with van der Waals surface area (Å²) >= 11 is 0. The van der Waals surface area contributed by atoms with Crippen LogP contribution in [0.5, 0.6) is 5.75 Å². The summed E-state index contributed by atoms with van der Waals surface area (Å²) in [4.78, 5) is 11.5. The van der Waals surface area contributed by atoms with Crippen LogP contribution in [0.3, 0.4) is 0 Å². The van der Waals surface area contributed by atoms with Gasteiger partial charge in [0.25, 0.3) is 0 Å². The fourth-order valence-electron chi connectivity index (χ4n) is 2.55. The Kier molecular flexibility index (Phi) is 8.64. The van der Waals surface area contributed by atoms with Gasteiger partial charge in [-0.05, 0) is 49.3 Å². The highest BCUT2D eigenvalue weighted by molar-refractivity contribution is 5.91. The third-order valence-corrected chi connectivity index (χ3v) is 3.91. The second kappa shape index (κ2) is 10.3. The summed E-state index contributed by atoms with van der Waals surface area (Å²) in [5.74, 6) is -0.283. The molecule has 0 aromatic heterocycles. The van der Waals surface area contributed by atoms with Gasteiger partial charge in [-0.25, -0.2) is 4.79 Å². The smallest absolute Gasteiger partial charge is 0.339 e. The van der Waals surface area contributed by atoms with Crippen molar-refractivity contribution in [3.05, 3.63) is 28.8 Å². The van der Waals surface area contributed by atoms with Crippen LogP contribution in [0.2, 0.25) is 0 Å². The van der Waals surface area contributed by atoms with E-state index in [1.165, 1.54) is 5.56 Å². The van der Waals surface area contributed by atoms with Crippen molar-refractivity contribution >= 4 is 5.97 Å². The SMILES string of the molecule is CCCCOc1c(C(=O)O)ccc(CCCC)c1CCCC. The van der Waals surface area contributed by atoms with Gasteiger partial charge in [0.15, 0.2) is 0 Å². The molecule has 0 fully saturated rings. The van der Waals surface area contributed by atoms with Crippen molar-refractivity contribution in [1.29, 1.82) is 0 Å². The van der Waals surface area contributed by atoms with Crippen LogP contribution >= 0.6 is 0 Å². The number of carbonyl (C=O) groups is 1. The first-order chi connectivity index (χ1) is 10.7. The molecule has 1 aromatic rings. The monoisotopic (exact) mass is 306 g/mol.